The molecule has 0 aromatic rings. The molecule has 34 heavy (non-hydrogen) atoms. The summed E-state index contributed by atoms with van der Waals surface area (Å²) in [6.07, 6.45) is 25.3. The lowest BCUT2D eigenvalue weighted by Gasteiger charge is -2.14. The van der Waals surface area contributed by atoms with Gasteiger partial charge in [-0.3, -0.25) is 9.59 Å². The highest BCUT2D eigenvalue weighted by Gasteiger charge is 2.18. The third kappa shape index (κ3) is 22.7. The van der Waals surface area contributed by atoms with Crippen molar-refractivity contribution in [2.24, 2.45) is 5.92 Å². The second-order valence-corrected chi connectivity index (χ2v) is 10.0. The molecule has 0 aromatic carbocycles. The van der Waals surface area contributed by atoms with Crippen molar-refractivity contribution in [2.75, 3.05) is 13.2 Å². The number of ether oxygens (including phenoxy) is 2. The molecule has 0 amide bonds. The second-order valence-electron chi connectivity index (χ2n) is 10.0. The van der Waals surface area contributed by atoms with Crippen LogP contribution in [0.5, 0.6) is 0 Å². The van der Waals surface area contributed by atoms with E-state index in [1.54, 1.807) is 0 Å². The molecule has 1 atom stereocenters. The van der Waals surface area contributed by atoms with E-state index in [-0.39, 0.29) is 17.9 Å². The highest BCUT2D eigenvalue weighted by Crippen LogP contribution is 2.16. The van der Waals surface area contributed by atoms with Crippen molar-refractivity contribution in [3.05, 3.63) is 0 Å². The van der Waals surface area contributed by atoms with E-state index in [9.17, 15) is 9.59 Å². The van der Waals surface area contributed by atoms with E-state index >= 15 is 0 Å². The van der Waals surface area contributed by atoms with Crippen molar-refractivity contribution in [1.82, 2.24) is 0 Å². The molecule has 0 aliphatic rings. The Hall–Kier alpha value is -1.06. The Kier molecular flexibility index (Phi) is 25.7. The minimum absolute atomic E-state index is 0.0925. The first-order valence-electron chi connectivity index (χ1n) is 15.0. The van der Waals surface area contributed by atoms with Crippen LogP contribution < -0.4 is 0 Å². The van der Waals surface area contributed by atoms with Crippen LogP contribution in [0, 0.1) is 5.92 Å². The molecule has 0 bridgehead atoms. The van der Waals surface area contributed by atoms with Gasteiger partial charge in [0.1, 0.15) is 0 Å². The van der Waals surface area contributed by atoms with E-state index in [1.807, 2.05) is 6.92 Å². The number of unbranched alkanes of at least 4 members (excludes halogenated alkanes) is 16. The maximum absolute atomic E-state index is 12.3. The number of rotatable bonds is 26. The van der Waals surface area contributed by atoms with Crippen molar-refractivity contribution in [3.8, 4) is 0 Å². The molecule has 0 rings (SSSR count). The number of carbonyl (C=O) groups is 2. The first kappa shape index (κ1) is 32.9. The van der Waals surface area contributed by atoms with Crippen molar-refractivity contribution < 1.29 is 19.1 Å². The minimum Gasteiger partial charge on any atom is -0.466 e. The molecule has 202 valence electrons. The summed E-state index contributed by atoms with van der Waals surface area (Å²) >= 11 is 0. The van der Waals surface area contributed by atoms with Crippen LogP contribution in [-0.4, -0.2) is 25.2 Å². The van der Waals surface area contributed by atoms with Crippen LogP contribution in [0.15, 0.2) is 0 Å². The van der Waals surface area contributed by atoms with Gasteiger partial charge in [-0.05, 0) is 32.1 Å². The summed E-state index contributed by atoms with van der Waals surface area (Å²) in [5.41, 5.74) is 0. The molecule has 0 N–H and O–H groups in total. The number of hydrogen-bond donors (Lipinski definition) is 0. The van der Waals surface area contributed by atoms with Crippen molar-refractivity contribution in [2.45, 2.75) is 162 Å². The first-order valence-corrected chi connectivity index (χ1v) is 15.0. The predicted molar refractivity (Wildman–Crippen MR) is 144 cm³/mol. The van der Waals surface area contributed by atoms with Crippen molar-refractivity contribution in [3.63, 3.8) is 0 Å². The molecule has 0 aromatic heterocycles. The summed E-state index contributed by atoms with van der Waals surface area (Å²) in [6.45, 7) is 7.58. The van der Waals surface area contributed by atoms with Gasteiger partial charge in [0.2, 0.25) is 0 Å². The maximum atomic E-state index is 12.3. The van der Waals surface area contributed by atoms with E-state index in [0.717, 1.165) is 32.1 Å². The average molecular weight is 483 g/mol. The molecule has 1 unspecified atom stereocenters. The molecule has 0 saturated heterocycles. The monoisotopic (exact) mass is 482 g/mol. The Morgan fingerprint density at radius 2 is 0.941 bits per heavy atom. The molecule has 0 spiro atoms. The van der Waals surface area contributed by atoms with Crippen LogP contribution >= 0.6 is 0 Å². The summed E-state index contributed by atoms with van der Waals surface area (Å²) in [6, 6.07) is 0. The lowest BCUT2D eigenvalue weighted by molar-refractivity contribution is -0.150. The van der Waals surface area contributed by atoms with Gasteiger partial charge in [0.15, 0.2) is 0 Å². The quantitative estimate of drug-likeness (QED) is 0.0910. The fraction of sp³-hybridized carbons (Fsp3) is 0.933. The van der Waals surface area contributed by atoms with Crippen LogP contribution in [-0.2, 0) is 19.1 Å². The summed E-state index contributed by atoms with van der Waals surface area (Å²) in [4.78, 5) is 24.3. The van der Waals surface area contributed by atoms with Gasteiger partial charge in [-0.25, -0.2) is 0 Å². The lowest BCUT2D eigenvalue weighted by atomic mass is 9.99. The van der Waals surface area contributed by atoms with Crippen LogP contribution in [0.1, 0.15) is 162 Å². The third-order valence-corrected chi connectivity index (χ3v) is 6.76. The van der Waals surface area contributed by atoms with Gasteiger partial charge in [0, 0.05) is 6.42 Å². The smallest absolute Gasteiger partial charge is 0.308 e. The average Bonchev–Trinajstić information content (AvgIpc) is 2.84. The molecular weight excluding hydrogens is 424 g/mol. The molecule has 0 heterocycles. The van der Waals surface area contributed by atoms with Gasteiger partial charge in [-0.2, -0.15) is 0 Å². The van der Waals surface area contributed by atoms with Crippen LogP contribution in [0.3, 0.4) is 0 Å². The van der Waals surface area contributed by atoms with Gasteiger partial charge in [-0.1, -0.05) is 124 Å². The second kappa shape index (κ2) is 26.5. The van der Waals surface area contributed by atoms with Gasteiger partial charge in [0.25, 0.3) is 0 Å². The summed E-state index contributed by atoms with van der Waals surface area (Å²) in [5.74, 6) is -0.314. The Morgan fingerprint density at radius 1 is 0.529 bits per heavy atom. The van der Waals surface area contributed by atoms with Gasteiger partial charge >= 0.3 is 11.9 Å². The number of carbonyl (C=O) groups excluding carboxylic acids is 2. The first-order chi connectivity index (χ1) is 16.7. The standard InChI is InChI=1S/C30H58O4/c1-4-7-9-11-13-15-17-19-21-26-33-29(31)25-23-24-28(6-3)30(32)34-27-22-20-18-16-14-12-10-8-5-2/h28H,4-27H2,1-3H3. The fourth-order valence-corrected chi connectivity index (χ4v) is 4.36. The van der Waals surface area contributed by atoms with E-state index < -0.39 is 0 Å². The zero-order chi connectivity index (χ0) is 25.1. The number of hydrogen-bond acceptors (Lipinski definition) is 4. The Balaban J connectivity index is 3.58. The molecule has 0 fully saturated rings. The van der Waals surface area contributed by atoms with E-state index in [2.05, 4.69) is 13.8 Å². The van der Waals surface area contributed by atoms with E-state index in [1.165, 1.54) is 89.9 Å². The summed E-state index contributed by atoms with van der Waals surface area (Å²) in [7, 11) is 0. The molecular formula is C30H58O4. The zero-order valence-electron chi connectivity index (χ0n) is 23.2. The van der Waals surface area contributed by atoms with Gasteiger partial charge in [-0.15, -0.1) is 0 Å². The molecule has 4 nitrogen and oxygen atoms in total. The Bertz CT molecular complexity index is 449. The molecule has 0 saturated carbocycles. The van der Waals surface area contributed by atoms with Gasteiger partial charge in [0.05, 0.1) is 19.1 Å². The zero-order valence-corrected chi connectivity index (χ0v) is 23.2. The van der Waals surface area contributed by atoms with E-state index in [0.29, 0.717) is 32.5 Å². The van der Waals surface area contributed by atoms with Crippen molar-refractivity contribution >= 4 is 11.9 Å². The van der Waals surface area contributed by atoms with E-state index in [4.69, 9.17) is 9.47 Å². The highest BCUT2D eigenvalue weighted by atomic mass is 16.5. The normalized spacial score (nSPS) is 12.0. The molecule has 0 aliphatic carbocycles. The van der Waals surface area contributed by atoms with Crippen LogP contribution in [0.2, 0.25) is 0 Å². The number of esters is 2. The highest BCUT2D eigenvalue weighted by molar-refractivity contribution is 5.72. The SMILES string of the molecule is CCCCCCCCCCCOC(=O)CCCC(CC)C(=O)OCCCCCCCCCCC. The van der Waals surface area contributed by atoms with Crippen molar-refractivity contribution in [1.29, 1.82) is 0 Å². The van der Waals surface area contributed by atoms with Crippen LogP contribution in [0.25, 0.3) is 0 Å². The minimum atomic E-state index is -0.127. The predicted octanol–water partition coefficient (Wildman–Crippen LogP) is 9.33. The molecule has 4 heteroatoms. The largest absolute Gasteiger partial charge is 0.466 e. The van der Waals surface area contributed by atoms with Crippen LogP contribution in [0.4, 0.5) is 0 Å². The van der Waals surface area contributed by atoms with Gasteiger partial charge < -0.3 is 9.47 Å². The molecule has 0 aliphatic heterocycles. The summed E-state index contributed by atoms with van der Waals surface area (Å²) < 4.78 is 10.9. The Labute approximate surface area is 212 Å². The lowest BCUT2D eigenvalue weighted by Crippen LogP contribution is -2.18. The third-order valence-electron chi connectivity index (χ3n) is 6.76. The Morgan fingerprint density at radius 3 is 1.38 bits per heavy atom. The fourth-order valence-electron chi connectivity index (χ4n) is 4.36. The summed E-state index contributed by atoms with van der Waals surface area (Å²) in [5, 5.41) is 0. The topological polar surface area (TPSA) is 52.6 Å². The molecule has 0 radical (unpaired) electrons. The maximum Gasteiger partial charge on any atom is 0.308 e.